The van der Waals surface area contributed by atoms with Gasteiger partial charge in [-0.05, 0) is 58.0 Å². The van der Waals surface area contributed by atoms with Crippen LogP contribution >= 0.6 is 0 Å². The molecule has 0 bridgehead atoms. The van der Waals surface area contributed by atoms with E-state index < -0.39 is 0 Å². The minimum Gasteiger partial charge on any atom is -0.0963 e. The molecule has 0 aromatic heterocycles. The summed E-state index contributed by atoms with van der Waals surface area (Å²) in [5, 5.41) is 2.66. The van der Waals surface area contributed by atoms with Gasteiger partial charge in [0, 0.05) is 5.41 Å². The first-order valence-electron chi connectivity index (χ1n) is 8.55. The topological polar surface area (TPSA) is 0 Å². The van der Waals surface area contributed by atoms with E-state index >= 15 is 0 Å². The highest BCUT2D eigenvalue weighted by molar-refractivity contribution is 6.32. The van der Waals surface area contributed by atoms with E-state index in [1.54, 1.807) is 0 Å². The van der Waals surface area contributed by atoms with Crippen molar-refractivity contribution in [1.29, 1.82) is 0 Å². The molecule has 0 atom stereocenters. The van der Waals surface area contributed by atoms with Gasteiger partial charge in [0.15, 0.2) is 0 Å². The van der Waals surface area contributed by atoms with Crippen molar-refractivity contribution >= 4 is 30.2 Å². The van der Waals surface area contributed by atoms with Gasteiger partial charge in [0.25, 0.3) is 0 Å². The predicted octanol–water partition coefficient (Wildman–Crippen LogP) is 5.28. The Bertz CT molecular complexity index is 1010. The zero-order valence-electron chi connectivity index (χ0n) is 14.8. The summed E-state index contributed by atoms with van der Waals surface area (Å²) in [6.07, 6.45) is 4.37. The zero-order chi connectivity index (χ0) is 17.1. The van der Waals surface area contributed by atoms with Crippen molar-refractivity contribution in [3.05, 3.63) is 70.8 Å². The predicted molar refractivity (Wildman–Crippen MR) is 106 cm³/mol. The number of hydrogen-bond acceptors (Lipinski definition) is 0. The average Bonchev–Trinajstić information content (AvgIpc) is 2.79. The molecular weight excluding hydrogens is 287 g/mol. The molecule has 0 fully saturated rings. The fourth-order valence-electron chi connectivity index (χ4n) is 4.47. The molecule has 3 aromatic rings. The molecule has 0 spiro atoms. The largest absolute Gasteiger partial charge is 0.113 e. The van der Waals surface area contributed by atoms with Crippen LogP contribution in [0.25, 0.3) is 28.0 Å². The fourth-order valence-corrected chi connectivity index (χ4v) is 4.47. The molecule has 1 aliphatic carbocycles. The highest BCUT2D eigenvalue weighted by Gasteiger charge is 2.38. The van der Waals surface area contributed by atoms with Gasteiger partial charge in [-0.2, -0.15) is 0 Å². The number of benzene rings is 3. The van der Waals surface area contributed by atoms with Gasteiger partial charge in [0.05, 0.1) is 0 Å². The first-order chi connectivity index (χ1) is 11.5. The minimum atomic E-state index is -0.0372. The lowest BCUT2D eigenvalue weighted by molar-refractivity contribution is 0.656. The number of fused-ring (bicyclic) bond motifs is 5. The first-order valence-corrected chi connectivity index (χ1v) is 8.55. The molecule has 0 unspecified atom stereocenters. The van der Waals surface area contributed by atoms with Crippen molar-refractivity contribution in [2.24, 2.45) is 0 Å². The summed E-state index contributed by atoms with van der Waals surface area (Å²) >= 11 is 0. The molecule has 0 heterocycles. The van der Waals surface area contributed by atoms with Crippen LogP contribution in [0.15, 0.2) is 48.5 Å². The molecule has 0 nitrogen and oxygen atoms in total. The maximum atomic E-state index is 6.10. The van der Waals surface area contributed by atoms with Crippen LogP contribution in [0.2, 0.25) is 0 Å². The second-order valence-electron chi connectivity index (χ2n) is 7.26. The van der Waals surface area contributed by atoms with Gasteiger partial charge in [-0.1, -0.05) is 73.9 Å². The second kappa shape index (κ2) is 5.11. The summed E-state index contributed by atoms with van der Waals surface area (Å²) in [5.74, 6) is 0. The van der Waals surface area contributed by atoms with Crippen LogP contribution < -0.4 is 5.46 Å². The third-order valence-corrected chi connectivity index (χ3v) is 5.46. The Hall–Kier alpha value is -2.28. The van der Waals surface area contributed by atoms with Crippen LogP contribution in [0.4, 0.5) is 0 Å². The van der Waals surface area contributed by atoms with Crippen molar-refractivity contribution in [2.45, 2.75) is 33.1 Å². The fraction of sp³-hybridized carbons (Fsp3) is 0.217. The molecule has 0 saturated carbocycles. The second-order valence-corrected chi connectivity index (χ2v) is 7.26. The van der Waals surface area contributed by atoms with Crippen LogP contribution in [0.1, 0.15) is 43.0 Å². The number of rotatable bonds is 1. The normalized spacial score (nSPS) is 15.0. The molecular formula is C23H21B. The molecule has 1 heteroatoms. The first kappa shape index (κ1) is 15.3. The maximum absolute atomic E-state index is 6.10. The maximum Gasteiger partial charge on any atom is 0.113 e. The van der Waals surface area contributed by atoms with Gasteiger partial charge in [-0.25, -0.2) is 0 Å². The van der Waals surface area contributed by atoms with E-state index in [1.165, 1.54) is 44.2 Å². The van der Waals surface area contributed by atoms with Crippen molar-refractivity contribution in [1.82, 2.24) is 0 Å². The molecule has 116 valence electrons. The minimum absolute atomic E-state index is 0.0372. The highest BCUT2D eigenvalue weighted by Crippen LogP contribution is 2.53. The number of allylic oxidation sites excluding steroid dienone is 1. The molecule has 0 N–H and O–H groups in total. The van der Waals surface area contributed by atoms with Crippen molar-refractivity contribution in [3.8, 4) is 11.1 Å². The molecule has 24 heavy (non-hydrogen) atoms. The Balaban J connectivity index is 2.25. The van der Waals surface area contributed by atoms with Crippen LogP contribution in [0.3, 0.4) is 0 Å². The quantitative estimate of drug-likeness (QED) is 0.536. The molecule has 0 amide bonds. The van der Waals surface area contributed by atoms with E-state index in [0.717, 1.165) is 5.46 Å². The summed E-state index contributed by atoms with van der Waals surface area (Å²) in [5.41, 5.74) is 9.00. The van der Waals surface area contributed by atoms with Crippen LogP contribution in [0.5, 0.6) is 0 Å². The van der Waals surface area contributed by atoms with Crippen molar-refractivity contribution in [3.63, 3.8) is 0 Å². The molecule has 0 aliphatic heterocycles. The highest BCUT2D eigenvalue weighted by atomic mass is 14.4. The van der Waals surface area contributed by atoms with E-state index in [1.807, 2.05) is 6.07 Å². The molecule has 1 aliphatic rings. The summed E-state index contributed by atoms with van der Waals surface area (Å²) in [6.45, 7) is 8.98. The van der Waals surface area contributed by atoms with E-state index in [9.17, 15) is 0 Å². The molecule has 2 radical (unpaired) electrons. The third-order valence-electron chi connectivity index (χ3n) is 5.46. The lowest BCUT2D eigenvalue weighted by atomic mass is 9.77. The van der Waals surface area contributed by atoms with Gasteiger partial charge in [0.2, 0.25) is 0 Å². The van der Waals surface area contributed by atoms with Crippen molar-refractivity contribution in [2.75, 3.05) is 0 Å². The molecule has 3 aromatic carbocycles. The van der Waals surface area contributed by atoms with Crippen LogP contribution in [-0.4, -0.2) is 7.85 Å². The number of hydrogen-bond donors (Lipinski definition) is 0. The molecule has 4 rings (SSSR count). The smallest absolute Gasteiger partial charge is 0.0963 e. The van der Waals surface area contributed by atoms with Crippen molar-refractivity contribution < 1.29 is 0 Å². The lowest BCUT2D eigenvalue weighted by Crippen LogP contribution is -2.19. The van der Waals surface area contributed by atoms with Gasteiger partial charge in [0.1, 0.15) is 7.85 Å². The Morgan fingerprint density at radius 1 is 1.00 bits per heavy atom. The van der Waals surface area contributed by atoms with E-state index in [0.29, 0.717) is 0 Å². The third kappa shape index (κ3) is 1.88. The monoisotopic (exact) mass is 308 g/mol. The SMILES string of the molecule is [B]c1ccc2c(c1)C(C)(C)c1c(C)c(/C=C\C)c3ccccc3c1-2. The summed E-state index contributed by atoms with van der Waals surface area (Å²) < 4.78 is 0. The Morgan fingerprint density at radius 3 is 2.42 bits per heavy atom. The Labute approximate surface area is 145 Å². The van der Waals surface area contributed by atoms with E-state index in [2.05, 4.69) is 76.2 Å². The van der Waals surface area contributed by atoms with Gasteiger partial charge >= 0.3 is 0 Å². The Morgan fingerprint density at radius 2 is 1.71 bits per heavy atom. The zero-order valence-corrected chi connectivity index (χ0v) is 14.8. The van der Waals surface area contributed by atoms with Gasteiger partial charge in [-0.3, -0.25) is 0 Å². The Kier molecular flexibility index (Phi) is 3.25. The average molecular weight is 308 g/mol. The van der Waals surface area contributed by atoms with E-state index in [-0.39, 0.29) is 5.41 Å². The summed E-state index contributed by atoms with van der Waals surface area (Å²) in [7, 11) is 6.10. The molecule has 0 saturated heterocycles. The lowest BCUT2D eigenvalue weighted by Gasteiger charge is -2.25. The van der Waals surface area contributed by atoms with Gasteiger partial charge in [-0.15, -0.1) is 0 Å². The standard InChI is InChI=1S/C23H21B/c1-5-8-16-14(2)22-21(18-10-7-6-9-17(16)18)19-12-11-15(24)13-20(19)23(22,3)4/h5-13H,1-4H3/b8-5-. The van der Waals surface area contributed by atoms with Gasteiger partial charge < -0.3 is 0 Å². The van der Waals surface area contributed by atoms with E-state index in [4.69, 9.17) is 7.85 Å². The summed E-state index contributed by atoms with van der Waals surface area (Å²) in [4.78, 5) is 0. The van der Waals surface area contributed by atoms with Crippen LogP contribution in [0, 0.1) is 6.92 Å². The van der Waals surface area contributed by atoms with Crippen LogP contribution in [-0.2, 0) is 5.41 Å². The summed E-state index contributed by atoms with van der Waals surface area (Å²) in [6, 6.07) is 15.1.